The first-order valence-corrected chi connectivity index (χ1v) is 8.66. The summed E-state index contributed by atoms with van der Waals surface area (Å²) in [4.78, 5) is 17.2. The minimum atomic E-state index is -0.394. The molecule has 0 aliphatic rings. The van der Waals surface area contributed by atoms with Gasteiger partial charge in [0.25, 0.3) is 0 Å². The Bertz CT molecular complexity index is 978. The maximum atomic E-state index is 12.3. The fourth-order valence-corrected chi connectivity index (χ4v) is 3.87. The molecule has 2 heterocycles. The number of nitrogens with zero attached hydrogens (tertiary/aromatic N) is 2. The predicted octanol–water partition coefficient (Wildman–Crippen LogP) is 4.60. The van der Waals surface area contributed by atoms with Crippen LogP contribution in [-0.2, 0) is 6.54 Å². The van der Waals surface area contributed by atoms with Crippen LogP contribution in [0, 0.1) is 13.8 Å². The lowest BCUT2D eigenvalue weighted by atomic mass is 10.1. The molecule has 2 aromatic heterocycles. The van der Waals surface area contributed by atoms with Crippen LogP contribution in [-0.4, -0.2) is 10.5 Å². The second-order valence-corrected chi connectivity index (χ2v) is 6.99. The lowest BCUT2D eigenvalue weighted by Crippen LogP contribution is -2.16. The van der Waals surface area contributed by atoms with Crippen molar-refractivity contribution in [3.63, 3.8) is 0 Å². The van der Waals surface area contributed by atoms with E-state index in [0.717, 1.165) is 10.2 Å². The molecule has 0 radical (unpaired) electrons. The monoisotopic (exact) mass is 390 g/mol. The molecular formula is C17H15BrN2O2S. The van der Waals surface area contributed by atoms with E-state index in [2.05, 4.69) is 53.5 Å². The van der Waals surface area contributed by atoms with Gasteiger partial charge in [-0.3, -0.25) is 4.79 Å². The van der Waals surface area contributed by atoms with Crippen LogP contribution in [0.1, 0.15) is 21.7 Å². The van der Waals surface area contributed by atoms with E-state index in [4.69, 9.17) is 4.42 Å². The van der Waals surface area contributed by atoms with Crippen molar-refractivity contribution in [3.05, 3.63) is 63.3 Å². The summed E-state index contributed by atoms with van der Waals surface area (Å²) in [6.07, 6.45) is 1.80. The summed E-state index contributed by atoms with van der Waals surface area (Å²) in [6.45, 7) is 8.52. The van der Waals surface area contributed by atoms with Gasteiger partial charge in [-0.2, -0.15) is 4.99 Å². The van der Waals surface area contributed by atoms with Crippen LogP contribution < -0.4 is 4.80 Å². The smallest absolute Gasteiger partial charge is 0.315 e. The average molecular weight is 391 g/mol. The maximum Gasteiger partial charge on any atom is 0.315 e. The number of furan rings is 1. The molecule has 6 heteroatoms. The molecule has 0 N–H and O–H groups in total. The second kappa shape index (κ2) is 6.29. The fraction of sp³-hybridized carbons (Fsp3) is 0.176. The van der Waals surface area contributed by atoms with Crippen LogP contribution in [0.25, 0.3) is 10.2 Å². The Morgan fingerprint density at radius 1 is 1.43 bits per heavy atom. The number of carbonyl (C=O) groups is 1. The maximum absolute atomic E-state index is 12.3. The molecule has 0 atom stereocenters. The number of allylic oxidation sites excluding steroid dienone is 1. The average Bonchev–Trinajstić information content (AvgIpc) is 3.05. The summed E-state index contributed by atoms with van der Waals surface area (Å²) in [7, 11) is 0. The molecule has 118 valence electrons. The van der Waals surface area contributed by atoms with Gasteiger partial charge < -0.3 is 8.98 Å². The zero-order valence-electron chi connectivity index (χ0n) is 12.8. The lowest BCUT2D eigenvalue weighted by molar-refractivity contribution is 0.0970. The zero-order valence-corrected chi connectivity index (χ0v) is 15.2. The highest BCUT2D eigenvalue weighted by atomic mass is 79.9. The summed E-state index contributed by atoms with van der Waals surface area (Å²) < 4.78 is 8.93. The van der Waals surface area contributed by atoms with E-state index in [-0.39, 0.29) is 5.76 Å². The Kier molecular flexibility index (Phi) is 4.37. The van der Waals surface area contributed by atoms with Crippen LogP contribution in [0.5, 0.6) is 0 Å². The van der Waals surface area contributed by atoms with Crippen molar-refractivity contribution in [3.8, 4) is 0 Å². The summed E-state index contributed by atoms with van der Waals surface area (Å²) >= 11 is 4.70. The highest BCUT2D eigenvalue weighted by Crippen LogP contribution is 2.23. The lowest BCUT2D eigenvalue weighted by Gasteiger charge is -2.03. The number of hydrogen-bond donors (Lipinski definition) is 0. The normalized spacial score (nSPS) is 12.0. The minimum absolute atomic E-state index is 0.215. The van der Waals surface area contributed by atoms with Crippen molar-refractivity contribution in [2.75, 3.05) is 0 Å². The molecule has 3 aromatic rings. The van der Waals surface area contributed by atoms with E-state index in [9.17, 15) is 4.79 Å². The van der Waals surface area contributed by atoms with Gasteiger partial charge in [-0.05, 0) is 59.1 Å². The number of aryl methyl sites for hydroxylation is 2. The summed E-state index contributed by atoms with van der Waals surface area (Å²) in [6, 6.07) is 7.52. The Labute approximate surface area is 145 Å². The van der Waals surface area contributed by atoms with Gasteiger partial charge in [-0.25, -0.2) is 0 Å². The number of thiazole rings is 1. The molecule has 23 heavy (non-hydrogen) atoms. The largest absolute Gasteiger partial charge is 0.444 e. The first-order chi connectivity index (χ1) is 11.0. The molecule has 0 bridgehead atoms. The van der Waals surface area contributed by atoms with Gasteiger partial charge in [0.05, 0.1) is 10.2 Å². The Morgan fingerprint density at radius 3 is 2.87 bits per heavy atom. The highest BCUT2D eigenvalue weighted by Gasteiger charge is 2.13. The van der Waals surface area contributed by atoms with Crippen LogP contribution in [0.3, 0.4) is 0 Å². The molecule has 4 nitrogen and oxygen atoms in total. The van der Waals surface area contributed by atoms with E-state index >= 15 is 0 Å². The van der Waals surface area contributed by atoms with E-state index in [1.165, 1.54) is 22.5 Å². The summed E-state index contributed by atoms with van der Waals surface area (Å²) in [5.41, 5.74) is 3.43. The standard InChI is InChI=1S/C17H15BrN2O2S/c1-4-7-20-12-9-10(2)8-11(3)15(12)23-17(20)19-16(21)13-5-6-14(18)22-13/h4-6,8-9H,1,7H2,2-3H3. The molecule has 0 spiro atoms. The number of halogens is 1. The third-order valence-electron chi connectivity index (χ3n) is 3.41. The topological polar surface area (TPSA) is 47.5 Å². The van der Waals surface area contributed by atoms with Crippen molar-refractivity contribution in [2.45, 2.75) is 20.4 Å². The van der Waals surface area contributed by atoms with Gasteiger partial charge in [0.1, 0.15) is 0 Å². The Hall–Kier alpha value is -1.92. The molecule has 1 aromatic carbocycles. The number of carbonyl (C=O) groups excluding carboxylic acids is 1. The van der Waals surface area contributed by atoms with E-state index < -0.39 is 5.91 Å². The number of fused-ring (bicyclic) bond motifs is 1. The molecule has 0 fully saturated rings. The van der Waals surface area contributed by atoms with Crippen LogP contribution in [0.2, 0.25) is 0 Å². The minimum Gasteiger partial charge on any atom is -0.444 e. The highest BCUT2D eigenvalue weighted by molar-refractivity contribution is 9.10. The zero-order chi connectivity index (χ0) is 16.6. The number of rotatable bonds is 3. The number of benzene rings is 1. The number of hydrogen-bond acceptors (Lipinski definition) is 3. The number of aromatic nitrogens is 1. The first-order valence-electron chi connectivity index (χ1n) is 7.05. The third kappa shape index (κ3) is 3.09. The van der Waals surface area contributed by atoms with Gasteiger partial charge in [0, 0.05) is 6.54 Å². The molecule has 0 unspecified atom stereocenters. The van der Waals surface area contributed by atoms with E-state index in [1.54, 1.807) is 18.2 Å². The van der Waals surface area contributed by atoms with Crippen LogP contribution in [0.4, 0.5) is 0 Å². The Morgan fingerprint density at radius 2 is 2.22 bits per heavy atom. The van der Waals surface area contributed by atoms with Gasteiger partial charge >= 0.3 is 5.91 Å². The van der Waals surface area contributed by atoms with E-state index in [0.29, 0.717) is 16.0 Å². The molecular weight excluding hydrogens is 376 g/mol. The van der Waals surface area contributed by atoms with Crippen molar-refractivity contribution in [2.24, 2.45) is 4.99 Å². The summed E-state index contributed by atoms with van der Waals surface area (Å²) in [5, 5.41) is 0. The third-order valence-corrected chi connectivity index (χ3v) is 5.06. The van der Waals surface area contributed by atoms with Crippen LogP contribution >= 0.6 is 27.3 Å². The van der Waals surface area contributed by atoms with Gasteiger partial charge in [0.15, 0.2) is 15.2 Å². The quantitative estimate of drug-likeness (QED) is 0.613. The van der Waals surface area contributed by atoms with Gasteiger partial charge in [-0.15, -0.1) is 6.58 Å². The van der Waals surface area contributed by atoms with Crippen molar-refractivity contribution in [1.29, 1.82) is 0 Å². The molecule has 0 aliphatic heterocycles. The molecule has 0 saturated heterocycles. The molecule has 0 aliphatic carbocycles. The first kappa shape index (κ1) is 16.0. The molecule has 0 saturated carbocycles. The SMILES string of the molecule is C=CCn1c(=NC(=O)c2ccc(Br)o2)sc2c(C)cc(C)cc21. The van der Waals surface area contributed by atoms with Gasteiger partial charge in [-0.1, -0.05) is 23.5 Å². The van der Waals surface area contributed by atoms with Crippen LogP contribution in [0.15, 0.2) is 51.0 Å². The summed E-state index contributed by atoms with van der Waals surface area (Å²) in [5.74, 6) is -0.179. The molecule has 3 rings (SSSR count). The van der Waals surface area contributed by atoms with Crippen molar-refractivity contribution in [1.82, 2.24) is 4.57 Å². The van der Waals surface area contributed by atoms with E-state index in [1.807, 2.05) is 4.57 Å². The second-order valence-electron chi connectivity index (χ2n) is 5.23. The fourth-order valence-electron chi connectivity index (χ4n) is 2.47. The van der Waals surface area contributed by atoms with Crippen molar-refractivity contribution >= 4 is 43.4 Å². The molecule has 1 amide bonds. The van der Waals surface area contributed by atoms with Gasteiger partial charge in [0.2, 0.25) is 0 Å². The Balaban J connectivity index is 2.21. The van der Waals surface area contributed by atoms with Crippen molar-refractivity contribution < 1.29 is 9.21 Å². The number of amides is 1. The predicted molar refractivity (Wildman–Crippen MR) is 95.8 cm³/mol.